The fraction of sp³-hybridized carbons (Fsp3) is 0.346. The summed E-state index contributed by atoms with van der Waals surface area (Å²) in [7, 11) is 0. The van der Waals surface area contributed by atoms with Gasteiger partial charge in [0.2, 0.25) is 5.91 Å². The van der Waals surface area contributed by atoms with Gasteiger partial charge < -0.3 is 10.3 Å². The molecule has 1 aromatic carbocycles. The highest BCUT2D eigenvalue weighted by atomic mass is 16.2. The number of H-pyrrole nitrogens is 1. The lowest BCUT2D eigenvalue weighted by molar-refractivity contribution is -0.117. The van der Waals surface area contributed by atoms with Gasteiger partial charge in [-0.15, -0.1) is 0 Å². The number of amides is 1. The van der Waals surface area contributed by atoms with Gasteiger partial charge in [-0.3, -0.25) is 14.5 Å². The quantitative estimate of drug-likeness (QED) is 0.616. The highest BCUT2D eigenvalue weighted by Crippen LogP contribution is 2.35. The number of benzene rings is 1. The largest absolute Gasteiger partial charge is 0.358 e. The maximum Gasteiger partial charge on any atom is 0.239 e. The smallest absolute Gasteiger partial charge is 0.239 e. The van der Waals surface area contributed by atoms with Crippen molar-refractivity contribution in [1.82, 2.24) is 14.9 Å². The molecule has 3 heterocycles. The Hall–Kier alpha value is -3.25. The molecule has 0 saturated carbocycles. The van der Waals surface area contributed by atoms with Crippen molar-refractivity contribution in [2.75, 3.05) is 25.0 Å². The molecule has 0 radical (unpaired) electrons. The number of Topliss-reactive ketones (excluding diaryl/α,β-unsaturated/α-hetero) is 1. The summed E-state index contributed by atoms with van der Waals surface area (Å²) in [6.07, 6.45) is 7.07. The van der Waals surface area contributed by atoms with Crippen LogP contribution in [0.15, 0.2) is 48.7 Å². The van der Waals surface area contributed by atoms with Crippen LogP contribution in [-0.4, -0.2) is 46.2 Å². The number of carbonyl (C=O) groups excluding carboxylic acids is 2. The Balaban J connectivity index is 1.45. The summed E-state index contributed by atoms with van der Waals surface area (Å²) >= 11 is 0. The first kappa shape index (κ1) is 20.6. The van der Waals surface area contributed by atoms with Crippen molar-refractivity contribution in [1.29, 1.82) is 0 Å². The summed E-state index contributed by atoms with van der Waals surface area (Å²) in [4.78, 5) is 35.4. The van der Waals surface area contributed by atoms with E-state index in [4.69, 9.17) is 0 Å². The van der Waals surface area contributed by atoms with E-state index in [9.17, 15) is 9.59 Å². The Bertz CT molecular complexity index is 1130. The lowest BCUT2D eigenvalue weighted by atomic mass is 9.90. The predicted octanol–water partition coefficient (Wildman–Crippen LogP) is 4.22. The monoisotopic (exact) mass is 428 g/mol. The van der Waals surface area contributed by atoms with E-state index in [1.54, 1.807) is 6.20 Å². The minimum atomic E-state index is -0.0398. The SMILES string of the molecule is O=C(CN1CCCC1)Nc1cc(-c2[nH]c3c(c2Cc2ccccc2)C(=O)CCC3)ccn1. The summed E-state index contributed by atoms with van der Waals surface area (Å²) in [5.74, 6) is 0.714. The number of fused-ring (bicyclic) bond motifs is 1. The van der Waals surface area contributed by atoms with Gasteiger partial charge in [0.1, 0.15) is 5.82 Å². The van der Waals surface area contributed by atoms with Crippen LogP contribution >= 0.6 is 0 Å². The van der Waals surface area contributed by atoms with Gasteiger partial charge >= 0.3 is 0 Å². The van der Waals surface area contributed by atoms with E-state index in [0.717, 1.165) is 66.9 Å². The topological polar surface area (TPSA) is 78.1 Å². The second-order valence-electron chi connectivity index (χ2n) is 8.73. The molecule has 6 nitrogen and oxygen atoms in total. The molecule has 5 rings (SSSR count). The average Bonchev–Trinajstić information content (AvgIpc) is 3.43. The number of pyridine rings is 1. The molecule has 0 unspecified atom stereocenters. The third kappa shape index (κ3) is 4.36. The summed E-state index contributed by atoms with van der Waals surface area (Å²) in [6, 6.07) is 14.1. The fourth-order valence-electron chi connectivity index (χ4n) is 4.87. The summed E-state index contributed by atoms with van der Waals surface area (Å²) in [5, 5.41) is 2.95. The number of aryl methyl sites for hydroxylation is 1. The first-order valence-corrected chi connectivity index (χ1v) is 11.5. The molecular weight excluding hydrogens is 400 g/mol. The molecule has 0 atom stereocenters. The maximum absolute atomic E-state index is 12.8. The third-order valence-electron chi connectivity index (χ3n) is 6.40. The molecule has 32 heavy (non-hydrogen) atoms. The number of carbonyl (C=O) groups is 2. The molecule has 6 heteroatoms. The number of hydrogen-bond acceptors (Lipinski definition) is 4. The molecule has 1 aliphatic carbocycles. The van der Waals surface area contributed by atoms with Crippen molar-refractivity contribution in [2.24, 2.45) is 0 Å². The second kappa shape index (κ2) is 9.09. The minimum absolute atomic E-state index is 0.0398. The van der Waals surface area contributed by atoms with Crippen molar-refractivity contribution < 1.29 is 9.59 Å². The van der Waals surface area contributed by atoms with Crippen molar-refractivity contribution in [3.05, 3.63) is 71.0 Å². The Labute approximate surface area is 188 Å². The molecule has 1 amide bonds. The standard InChI is InChI=1S/C26H28N4O2/c31-22-10-6-9-21-25(22)20(15-18-7-2-1-3-8-18)26(28-21)19-11-12-27-23(16-19)29-24(32)17-30-13-4-5-14-30/h1-3,7-8,11-12,16,28H,4-6,9-10,13-15,17H2,(H,27,29,32). The summed E-state index contributed by atoms with van der Waals surface area (Å²) < 4.78 is 0. The van der Waals surface area contributed by atoms with Gasteiger partial charge in [-0.25, -0.2) is 4.98 Å². The van der Waals surface area contributed by atoms with Gasteiger partial charge in [0.05, 0.1) is 12.2 Å². The van der Waals surface area contributed by atoms with Gasteiger partial charge in [-0.2, -0.15) is 0 Å². The average molecular weight is 429 g/mol. The molecule has 0 bridgehead atoms. The molecule has 2 N–H and O–H groups in total. The minimum Gasteiger partial charge on any atom is -0.358 e. The van der Waals surface area contributed by atoms with Crippen LogP contribution in [0, 0.1) is 0 Å². The van der Waals surface area contributed by atoms with Crippen LogP contribution in [0.1, 0.15) is 52.9 Å². The van der Waals surface area contributed by atoms with Crippen LogP contribution in [0.5, 0.6) is 0 Å². The lowest BCUT2D eigenvalue weighted by Crippen LogP contribution is -2.31. The van der Waals surface area contributed by atoms with Crippen LogP contribution in [0.25, 0.3) is 11.3 Å². The molecular formula is C26H28N4O2. The van der Waals surface area contributed by atoms with E-state index in [1.807, 2.05) is 30.3 Å². The number of rotatable bonds is 6. The number of nitrogens with zero attached hydrogens (tertiary/aromatic N) is 2. The number of likely N-dealkylation sites (tertiary alicyclic amines) is 1. The van der Waals surface area contributed by atoms with Gasteiger partial charge in [-0.1, -0.05) is 30.3 Å². The fourth-order valence-corrected chi connectivity index (χ4v) is 4.87. The third-order valence-corrected chi connectivity index (χ3v) is 6.40. The molecule has 1 fully saturated rings. The highest BCUT2D eigenvalue weighted by Gasteiger charge is 2.27. The van der Waals surface area contributed by atoms with E-state index in [1.165, 1.54) is 5.56 Å². The molecule has 2 aromatic heterocycles. The molecule has 3 aromatic rings. The van der Waals surface area contributed by atoms with Crippen LogP contribution < -0.4 is 5.32 Å². The van der Waals surface area contributed by atoms with Crippen molar-refractivity contribution >= 4 is 17.5 Å². The number of ketones is 1. The Morgan fingerprint density at radius 3 is 2.69 bits per heavy atom. The van der Waals surface area contributed by atoms with E-state index in [0.29, 0.717) is 25.2 Å². The Kier molecular flexibility index (Phi) is 5.86. The van der Waals surface area contributed by atoms with Gasteiger partial charge in [-0.05, 0) is 62.0 Å². The predicted molar refractivity (Wildman–Crippen MR) is 125 cm³/mol. The van der Waals surface area contributed by atoms with Crippen molar-refractivity contribution in [2.45, 2.75) is 38.5 Å². The molecule has 1 aliphatic heterocycles. The van der Waals surface area contributed by atoms with Crippen LogP contribution in [0.4, 0.5) is 5.82 Å². The van der Waals surface area contributed by atoms with Crippen LogP contribution in [-0.2, 0) is 17.6 Å². The lowest BCUT2D eigenvalue weighted by Gasteiger charge is -2.14. The molecule has 0 spiro atoms. The highest BCUT2D eigenvalue weighted by molar-refractivity contribution is 6.01. The first-order valence-electron chi connectivity index (χ1n) is 11.5. The van der Waals surface area contributed by atoms with Crippen molar-refractivity contribution in [3.63, 3.8) is 0 Å². The number of anilines is 1. The summed E-state index contributed by atoms with van der Waals surface area (Å²) in [6.45, 7) is 2.36. The number of aromatic amines is 1. The van der Waals surface area contributed by atoms with Crippen molar-refractivity contribution in [3.8, 4) is 11.3 Å². The first-order chi connectivity index (χ1) is 15.7. The van der Waals surface area contributed by atoms with E-state index >= 15 is 0 Å². The maximum atomic E-state index is 12.8. The van der Waals surface area contributed by atoms with E-state index in [2.05, 4.69) is 32.3 Å². The Morgan fingerprint density at radius 1 is 1.06 bits per heavy atom. The zero-order valence-electron chi connectivity index (χ0n) is 18.2. The number of aromatic nitrogens is 2. The van der Waals surface area contributed by atoms with Gasteiger partial charge in [0, 0.05) is 35.9 Å². The molecule has 1 saturated heterocycles. The zero-order valence-corrected chi connectivity index (χ0v) is 18.2. The number of nitrogens with one attached hydrogen (secondary N) is 2. The normalized spacial score (nSPS) is 16.2. The van der Waals surface area contributed by atoms with E-state index in [-0.39, 0.29) is 11.7 Å². The number of hydrogen-bond donors (Lipinski definition) is 2. The van der Waals surface area contributed by atoms with Crippen LogP contribution in [0.3, 0.4) is 0 Å². The van der Waals surface area contributed by atoms with Gasteiger partial charge in [0.15, 0.2) is 5.78 Å². The second-order valence-corrected chi connectivity index (χ2v) is 8.73. The zero-order chi connectivity index (χ0) is 21.9. The molecule has 164 valence electrons. The van der Waals surface area contributed by atoms with Crippen LogP contribution in [0.2, 0.25) is 0 Å². The van der Waals surface area contributed by atoms with E-state index < -0.39 is 0 Å². The summed E-state index contributed by atoms with van der Waals surface area (Å²) in [5.41, 5.74) is 5.97. The molecule has 2 aliphatic rings. The Morgan fingerprint density at radius 2 is 1.88 bits per heavy atom. The van der Waals surface area contributed by atoms with Gasteiger partial charge in [0.25, 0.3) is 0 Å².